The average molecular weight is 255 g/mol. The van der Waals surface area contributed by atoms with Crippen LogP contribution < -0.4 is 5.32 Å². The number of rotatable bonds is 3. The van der Waals surface area contributed by atoms with Gasteiger partial charge < -0.3 is 5.32 Å². The Hall–Kier alpha value is -0.680. The van der Waals surface area contributed by atoms with Crippen LogP contribution in [-0.4, -0.2) is 31.5 Å². The van der Waals surface area contributed by atoms with Crippen LogP contribution in [0.1, 0.15) is 37.1 Å². The van der Waals surface area contributed by atoms with Gasteiger partial charge in [-0.2, -0.15) is 5.10 Å². The molecule has 0 aliphatic carbocycles. The van der Waals surface area contributed by atoms with Crippen molar-refractivity contribution in [3.63, 3.8) is 0 Å². The fourth-order valence-corrected chi connectivity index (χ4v) is 3.64. The molecule has 1 unspecified atom stereocenters. The third kappa shape index (κ3) is 2.96. The number of aromatic nitrogens is 2. The smallest absolute Gasteiger partial charge is 0.0540 e. The van der Waals surface area contributed by atoms with E-state index in [1.54, 1.807) is 0 Å². The summed E-state index contributed by atoms with van der Waals surface area (Å²) in [6.45, 7) is 4.27. The van der Waals surface area contributed by atoms with Crippen molar-refractivity contribution in [1.29, 1.82) is 0 Å². The van der Waals surface area contributed by atoms with Crippen LogP contribution >= 0.6 is 0 Å². The van der Waals surface area contributed by atoms with Gasteiger partial charge in [0.05, 0.1) is 6.20 Å². The molecule has 0 amide bonds. The first-order valence-electron chi connectivity index (χ1n) is 6.17. The first-order valence-corrected chi connectivity index (χ1v) is 7.66. The lowest BCUT2D eigenvalue weighted by Crippen LogP contribution is -2.37. The van der Waals surface area contributed by atoms with Crippen LogP contribution in [-0.2, 0) is 17.8 Å². The molecular weight excluding hydrogens is 234 g/mol. The van der Waals surface area contributed by atoms with E-state index in [-0.39, 0.29) is 0 Å². The first-order chi connectivity index (χ1) is 8.08. The summed E-state index contributed by atoms with van der Waals surface area (Å²) in [7, 11) is 1.39. The molecule has 2 rings (SSSR count). The summed E-state index contributed by atoms with van der Waals surface area (Å²) in [4.78, 5) is 0. The molecule has 1 fully saturated rings. The highest BCUT2D eigenvalue weighted by atomic mass is 32.2. The van der Waals surface area contributed by atoms with Crippen molar-refractivity contribution in [3.8, 4) is 0 Å². The normalized spacial score (nSPS) is 27.0. The Morgan fingerprint density at radius 3 is 2.71 bits per heavy atom. The van der Waals surface area contributed by atoms with E-state index in [9.17, 15) is 4.21 Å². The molecule has 2 heterocycles. The first kappa shape index (κ1) is 12.8. The summed E-state index contributed by atoms with van der Waals surface area (Å²) in [6.07, 6.45) is 3.99. The van der Waals surface area contributed by atoms with E-state index in [1.165, 1.54) is 11.3 Å². The van der Waals surface area contributed by atoms with Crippen LogP contribution in [0.3, 0.4) is 0 Å². The zero-order valence-corrected chi connectivity index (χ0v) is 11.6. The van der Waals surface area contributed by atoms with Crippen molar-refractivity contribution in [1.82, 2.24) is 15.1 Å². The topological polar surface area (TPSA) is 46.9 Å². The van der Waals surface area contributed by atoms with E-state index in [2.05, 4.69) is 24.3 Å². The SMILES string of the molecule is Cc1c(C(C)NC2CCS(=O)CC2)cnn1C. The van der Waals surface area contributed by atoms with Crippen LogP contribution in [0.15, 0.2) is 6.20 Å². The maximum atomic E-state index is 11.3. The third-order valence-electron chi connectivity index (χ3n) is 3.61. The van der Waals surface area contributed by atoms with E-state index < -0.39 is 10.8 Å². The number of hydrogen-bond donors (Lipinski definition) is 1. The Kier molecular flexibility index (Phi) is 3.99. The summed E-state index contributed by atoms with van der Waals surface area (Å²) in [6, 6.07) is 0.822. The Labute approximate surface area is 105 Å². The zero-order chi connectivity index (χ0) is 12.4. The molecule has 1 aliphatic rings. The Balaban J connectivity index is 1.95. The summed E-state index contributed by atoms with van der Waals surface area (Å²) < 4.78 is 13.2. The van der Waals surface area contributed by atoms with Crippen molar-refractivity contribution in [2.24, 2.45) is 7.05 Å². The van der Waals surface area contributed by atoms with E-state index in [1.807, 2.05) is 17.9 Å². The van der Waals surface area contributed by atoms with Gasteiger partial charge in [-0.1, -0.05) is 0 Å². The van der Waals surface area contributed by atoms with Crippen LogP contribution in [0.5, 0.6) is 0 Å². The molecule has 1 N–H and O–H groups in total. The second-order valence-electron chi connectivity index (χ2n) is 4.82. The molecule has 1 saturated heterocycles. The van der Waals surface area contributed by atoms with Crippen molar-refractivity contribution in [3.05, 3.63) is 17.5 Å². The van der Waals surface area contributed by atoms with Gasteiger partial charge in [0.1, 0.15) is 0 Å². The van der Waals surface area contributed by atoms with Gasteiger partial charge >= 0.3 is 0 Å². The van der Waals surface area contributed by atoms with Crippen LogP contribution in [0, 0.1) is 6.92 Å². The van der Waals surface area contributed by atoms with E-state index >= 15 is 0 Å². The van der Waals surface area contributed by atoms with Gasteiger partial charge in [0.25, 0.3) is 0 Å². The standard InChI is InChI=1S/C12H21N3OS/c1-9(12-8-13-15(3)10(12)2)14-11-4-6-17(16)7-5-11/h8-9,11,14H,4-7H2,1-3H3. The van der Waals surface area contributed by atoms with Gasteiger partial charge in [-0.15, -0.1) is 0 Å². The number of aryl methyl sites for hydroxylation is 1. The summed E-state index contributed by atoms with van der Waals surface area (Å²) in [5.74, 6) is 1.69. The molecule has 1 aliphatic heterocycles. The molecule has 17 heavy (non-hydrogen) atoms. The zero-order valence-electron chi connectivity index (χ0n) is 10.8. The minimum Gasteiger partial charge on any atom is -0.307 e. The number of nitrogens with zero attached hydrogens (tertiary/aromatic N) is 2. The Bertz CT molecular complexity index is 406. The minimum absolute atomic E-state index is 0.320. The van der Waals surface area contributed by atoms with Gasteiger partial charge in [-0.25, -0.2) is 0 Å². The molecule has 5 heteroatoms. The van der Waals surface area contributed by atoms with Crippen LogP contribution in [0.25, 0.3) is 0 Å². The van der Waals surface area contributed by atoms with Gasteiger partial charge in [0.2, 0.25) is 0 Å². The van der Waals surface area contributed by atoms with Gasteiger partial charge in [-0.05, 0) is 26.7 Å². The third-order valence-corrected chi connectivity index (χ3v) is 5.00. The molecule has 1 aromatic rings. The van der Waals surface area contributed by atoms with Gasteiger partial charge in [0, 0.05) is 52.7 Å². The molecule has 1 aromatic heterocycles. The van der Waals surface area contributed by atoms with Crippen molar-refractivity contribution in [2.75, 3.05) is 11.5 Å². The second kappa shape index (κ2) is 5.31. The molecule has 0 aromatic carbocycles. The molecular formula is C12H21N3OS. The van der Waals surface area contributed by atoms with Crippen molar-refractivity contribution in [2.45, 2.75) is 38.8 Å². The fourth-order valence-electron chi connectivity index (χ4n) is 2.34. The van der Waals surface area contributed by atoms with Gasteiger partial charge in [-0.3, -0.25) is 8.89 Å². The highest BCUT2D eigenvalue weighted by Gasteiger charge is 2.21. The lowest BCUT2D eigenvalue weighted by atomic mass is 10.1. The summed E-state index contributed by atoms with van der Waals surface area (Å²) in [5.41, 5.74) is 2.48. The average Bonchev–Trinajstić information content (AvgIpc) is 2.63. The van der Waals surface area contributed by atoms with E-state index in [4.69, 9.17) is 0 Å². The summed E-state index contributed by atoms with van der Waals surface area (Å²) in [5, 5.41) is 7.89. The minimum atomic E-state index is -0.577. The lowest BCUT2D eigenvalue weighted by molar-refractivity contribution is 0.426. The number of nitrogens with one attached hydrogen (secondary N) is 1. The molecule has 4 nitrogen and oxygen atoms in total. The maximum absolute atomic E-state index is 11.3. The fraction of sp³-hybridized carbons (Fsp3) is 0.750. The predicted molar refractivity (Wildman–Crippen MR) is 70.4 cm³/mol. The maximum Gasteiger partial charge on any atom is 0.0540 e. The van der Waals surface area contributed by atoms with Crippen LogP contribution in [0.4, 0.5) is 0 Å². The number of hydrogen-bond acceptors (Lipinski definition) is 3. The molecule has 1 atom stereocenters. The highest BCUT2D eigenvalue weighted by molar-refractivity contribution is 7.85. The van der Waals surface area contributed by atoms with Crippen molar-refractivity contribution >= 4 is 10.8 Å². The molecule has 0 bridgehead atoms. The second-order valence-corrected chi connectivity index (χ2v) is 6.52. The van der Waals surface area contributed by atoms with Crippen molar-refractivity contribution < 1.29 is 4.21 Å². The largest absolute Gasteiger partial charge is 0.307 e. The monoisotopic (exact) mass is 255 g/mol. The molecule has 0 radical (unpaired) electrons. The summed E-state index contributed by atoms with van der Waals surface area (Å²) >= 11 is 0. The van der Waals surface area contributed by atoms with E-state index in [0.29, 0.717) is 12.1 Å². The van der Waals surface area contributed by atoms with Crippen LogP contribution in [0.2, 0.25) is 0 Å². The van der Waals surface area contributed by atoms with Gasteiger partial charge in [0.15, 0.2) is 0 Å². The quantitative estimate of drug-likeness (QED) is 0.885. The molecule has 96 valence electrons. The highest BCUT2D eigenvalue weighted by Crippen LogP contribution is 2.19. The molecule has 0 spiro atoms. The Morgan fingerprint density at radius 2 is 2.18 bits per heavy atom. The Morgan fingerprint density at radius 1 is 1.53 bits per heavy atom. The lowest BCUT2D eigenvalue weighted by Gasteiger charge is -2.26. The molecule has 0 saturated carbocycles. The van der Waals surface area contributed by atoms with E-state index in [0.717, 1.165) is 24.3 Å². The predicted octanol–water partition coefficient (Wildman–Crippen LogP) is 1.29.